The zero-order chi connectivity index (χ0) is 17.1. The standard InChI is InChI=1S/C19H20BrNO2S/c1-12-6-7-14(9-15(22)10-18-21-11-17(20)24-18)16(8-12)19(23)13-4-2-3-5-13/h6-8,11,13H,2-5,9-10H2,1H3. The number of hydrogen-bond acceptors (Lipinski definition) is 4. The second-order valence-electron chi connectivity index (χ2n) is 6.46. The third-order valence-electron chi connectivity index (χ3n) is 4.52. The number of halogens is 1. The summed E-state index contributed by atoms with van der Waals surface area (Å²) < 4.78 is 0.928. The first kappa shape index (κ1) is 17.5. The highest BCUT2D eigenvalue weighted by Gasteiger charge is 2.26. The molecule has 0 saturated heterocycles. The van der Waals surface area contributed by atoms with Gasteiger partial charge in [-0.15, -0.1) is 11.3 Å². The molecule has 3 rings (SSSR count). The summed E-state index contributed by atoms with van der Waals surface area (Å²) in [6.45, 7) is 1.99. The van der Waals surface area contributed by atoms with Crippen LogP contribution in [0.3, 0.4) is 0 Å². The van der Waals surface area contributed by atoms with Crippen molar-refractivity contribution in [3.63, 3.8) is 0 Å². The Morgan fingerprint density at radius 2 is 2.00 bits per heavy atom. The second-order valence-corrected chi connectivity index (χ2v) is 8.95. The Kier molecular flexibility index (Phi) is 5.61. The van der Waals surface area contributed by atoms with Crippen LogP contribution < -0.4 is 0 Å². The van der Waals surface area contributed by atoms with Crippen LogP contribution in [0.25, 0.3) is 0 Å². The lowest BCUT2D eigenvalue weighted by Gasteiger charge is -2.13. The molecule has 2 aromatic rings. The van der Waals surface area contributed by atoms with Crippen molar-refractivity contribution in [1.82, 2.24) is 4.98 Å². The van der Waals surface area contributed by atoms with Crippen molar-refractivity contribution in [3.8, 4) is 0 Å². The van der Waals surface area contributed by atoms with Crippen LogP contribution in [-0.2, 0) is 17.6 Å². The Balaban J connectivity index is 1.77. The molecule has 126 valence electrons. The fraction of sp³-hybridized carbons (Fsp3) is 0.421. The Morgan fingerprint density at radius 1 is 1.25 bits per heavy atom. The van der Waals surface area contributed by atoms with Crippen molar-refractivity contribution in [1.29, 1.82) is 0 Å². The smallest absolute Gasteiger partial charge is 0.166 e. The van der Waals surface area contributed by atoms with Crippen LogP contribution in [0, 0.1) is 12.8 Å². The predicted molar refractivity (Wildman–Crippen MR) is 99.7 cm³/mol. The fourth-order valence-corrected chi connectivity index (χ4v) is 4.63. The van der Waals surface area contributed by atoms with Crippen molar-refractivity contribution in [2.45, 2.75) is 45.4 Å². The summed E-state index contributed by atoms with van der Waals surface area (Å²) in [7, 11) is 0. The molecule has 5 heteroatoms. The van der Waals surface area contributed by atoms with E-state index in [9.17, 15) is 9.59 Å². The summed E-state index contributed by atoms with van der Waals surface area (Å²) in [5.74, 6) is 0.452. The summed E-state index contributed by atoms with van der Waals surface area (Å²) in [5, 5.41) is 0.808. The van der Waals surface area contributed by atoms with E-state index >= 15 is 0 Å². The highest BCUT2D eigenvalue weighted by Crippen LogP contribution is 2.30. The molecule has 0 aliphatic heterocycles. The van der Waals surface area contributed by atoms with Crippen LogP contribution in [0.5, 0.6) is 0 Å². The van der Waals surface area contributed by atoms with E-state index in [1.54, 1.807) is 6.20 Å². The molecule has 0 atom stereocenters. The molecule has 1 saturated carbocycles. The first-order valence-electron chi connectivity index (χ1n) is 8.28. The first-order chi connectivity index (χ1) is 11.5. The molecular weight excluding hydrogens is 386 g/mol. The van der Waals surface area contributed by atoms with Crippen molar-refractivity contribution < 1.29 is 9.59 Å². The van der Waals surface area contributed by atoms with E-state index in [4.69, 9.17) is 0 Å². The molecular formula is C19H20BrNO2S. The third kappa shape index (κ3) is 4.19. The minimum absolute atomic E-state index is 0.0983. The molecule has 0 bridgehead atoms. The molecule has 1 aromatic carbocycles. The topological polar surface area (TPSA) is 47.0 Å². The number of benzene rings is 1. The number of nitrogens with zero attached hydrogens (tertiary/aromatic N) is 1. The van der Waals surface area contributed by atoms with E-state index in [-0.39, 0.29) is 17.5 Å². The number of aromatic nitrogens is 1. The summed E-state index contributed by atoms with van der Waals surface area (Å²) in [4.78, 5) is 29.5. The minimum atomic E-state index is 0.0983. The molecule has 1 heterocycles. The van der Waals surface area contributed by atoms with Crippen LogP contribution in [-0.4, -0.2) is 16.6 Å². The number of aryl methyl sites for hydroxylation is 1. The molecule has 1 aliphatic carbocycles. The van der Waals surface area contributed by atoms with Gasteiger partial charge in [-0.3, -0.25) is 9.59 Å². The van der Waals surface area contributed by atoms with Gasteiger partial charge in [0.1, 0.15) is 10.8 Å². The molecule has 0 amide bonds. The largest absolute Gasteiger partial charge is 0.299 e. The van der Waals surface area contributed by atoms with E-state index in [0.717, 1.165) is 51.2 Å². The number of rotatable bonds is 6. The second kappa shape index (κ2) is 7.70. The number of thiazole rings is 1. The molecule has 1 aliphatic rings. The van der Waals surface area contributed by atoms with Gasteiger partial charge in [0.2, 0.25) is 0 Å². The van der Waals surface area contributed by atoms with Crippen LogP contribution in [0.4, 0.5) is 0 Å². The molecule has 0 N–H and O–H groups in total. The third-order valence-corrected chi connectivity index (χ3v) is 5.99. The number of carbonyl (C=O) groups excluding carboxylic acids is 2. The highest BCUT2D eigenvalue weighted by atomic mass is 79.9. The van der Waals surface area contributed by atoms with Gasteiger partial charge in [-0.1, -0.05) is 30.5 Å². The van der Waals surface area contributed by atoms with E-state index in [0.29, 0.717) is 12.8 Å². The van der Waals surface area contributed by atoms with Crippen molar-refractivity contribution >= 4 is 38.8 Å². The summed E-state index contributed by atoms with van der Waals surface area (Å²) >= 11 is 4.84. The van der Waals surface area contributed by atoms with Gasteiger partial charge in [-0.05, 0) is 47.3 Å². The fourth-order valence-electron chi connectivity index (χ4n) is 3.30. The number of ketones is 2. The first-order valence-corrected chi connectivity index (χ1v) is 9.89. The maximum atomic E-state index is 12.8. The normalized spacial score (nSPS) is 14.9. The van der Waals surface area contributed by atoms with Gasteiger partial charge in [-0.2, -0.15) is 0 Å². The van der Waals surface area contributed by atoms with Crippen LogP contribution in [0.2, 0.25) is 0 Å². The lowest BCUT2D eigenvalue weighted by molar-refractivity contribution is -0.117. The predicted octanol–water partition coefficient (Wildman–Crippen LogP) is 4.94. The minimum Gasteiger partial charge on any atom is -0.299 e. The van der Waals surface area contributed by atoms with Gasteiger partial charge in [0.25, 0.3) is 0 Å². The highest BCUT2D eigenvalue weighted by molar-refractivity contribution is 9.11. The van der Waals surface area contributed by atoms with Crippen molar-refractivity contribution in [3.05, 3.63) is 49.9 Å². The Hall–Kier alpha value is -1.33. The zero-order valence-corrected chi connectivity index (χ0v) is 16.1. The number of carbonyl (C=O) groups is 2. The van der Waals surface area contributed by atoms with Crippen molar-refractivity contribution in [2.75, 3.05) is 0 Å². The van der Waals surface area contributed by atoms with Crippen molar-refractivity contribution in [2.24, 2.45) is 5.92 Å². The average molecular weight is 406 g/mol. The zero-order valence-electron chi connectivity index (χ0n) is 13.7. The molecule has 0 unspecified atom stereocenters. The Labute approximate surface area is 154 Å². The lowest BCUT2D eigenvalue weighted by atomic mass is 9.90. The average Bonchev–Trinajstić information content (AvgIpc) is 3.20. The lowest BCUT2D eigenvalue weighted by Crippen LogP contribution is -2.16. The Morgan fingerprint density at radius 3 is 2.67 bits per heavy atom. The van der Waals surface area contributed by atoms with Crippen LogP contribution in [0.1, 0.15) is 52.2 Å². The van der Waals surface area contributed by atoms with Gasteiger partial charge in [-0.25, -0.2) is 4.98 Å². The summed E-state index contributed by atoms with van der Waals surface area (Å²) in [6, 6.07) is 5.87. The van der Waals surface area contributed by atoms with Gasteiger partial charge in [0, 0.05) is 17.9 Å². The molecule has 3 nitrogen and oxygen atoms in total. The summed E-state index contributed by atoms with van der Waals surface area (Å²) in [5.41, 5.74) is 2.67. The van der Waals surface area contributed by atoms with E-state index in [1.165, 1.54) is 11.3 Å². The molecule has 1 aromatic heterocycles. The number of Topliss-reactive ketones (excluding diaryl/α,β-unsaturated/α-hetero) is 2. The quantitative estimate of drug-likeness (QED) is 0.639. The maximum Gasteiger partial charge on any atom is 0.166 e. The monoisotopic (exact) mass is 405 g/mol. The number of hydrogen-bond donors (Lipinski definition) is 0. The van der Waals surface area contributed by atoms with Crippen LogP contribution >= 0.6 is 27.3 Å². The van der Waals surface area contributed by atoms with Gasteiger partial charge >= 0.3 is 0 Å². The maximum absolute atomic E-state index is 12.8. The van der Waals surface area contributed by atoms with Gasteiger partial charge < -0.3 is 0 Å². The SMILES string of the molecule is Cc1ccc(CC(=O)Cc2ncc(Br)s2)c(C(=O)C2CCCC2)c1. The molecule has 0 radical (unpaired) electrons. The molecule has 24 heavy (non-hydrogen) atoms. The summed E-state index contributed by atoms with van der Waals surface area (Å²) in [6.07, 6.45) is 6.56. The molecule has 1 fully saturated rings. The van der Waals surface area contributed by atoms with Gasteiger partial charge in [0.15, 0.2) is 5.78 Å². The van der Waals surface area contributed by atoms with Crippen LogP contribution in [0.15, 0.2) is 28.2 Å². The van der Waals surface area contributed by atoms with Gasteiger partial charge in [0.05, 0.1) is 16.4 Å². The molecule has 0 spiro atoms. The Bertz CT molecular complexity index is 762. The van der Waals surface area contributed by atoms with E-state index in [1.807, 2.05) is 25.1 Å². The van der Waals surface area contributed by atoms with E-state index in [2.05, 4.69) is 20.9 Å². The van der Waals surface area contributed by atoms with E-state index < -0.39 is 0 Å².